The van der Waals surface area contributed by atoms with Crippen molar-refractivity contribution < 1.29 is 36.0 Å². The van der Waals surface area contributed by atoms with Crippen molar-refractivity contribution >= 4 is 0 Å². The van der Waals surface area contributed by atoms with Crippen molar-refractivity contribution in [3.8, 4) is 0 Å². The Labute approximate surface area is 102 Å². The third-order valence-corrected chi connectivity index (χ3v) is 0.451. The van der Waals surface area contributed by atoms with Gasteiger partial charge in [-0.05, 0) is 25.7 Å². The van der Waals surface area contributed by atoms with Crippen LogP contribution < -0.4 is 0 Å². The normalized spacial score (nSPS) is 4.53. The maximum atomic E-state index is 7.50. The summed E-state index contributed by atoms with van der Waals surface area (Å²) >= 11 is 0. The second-order valence-electron chi connectivity index (χ2n) is 1.35. The van der Waals surface area contributed by atoms with Crippen LogP contribution in [0.25, 0.3) is 0 Å². The molecule has 5 heteroatoms. The number of rotatable bonds is 2. The molecule has 80 valence electrons. The van der Waals surface area contributed by atoms with Gasteiger partial charge in [-0.2, -0.15) is 0 Å². The summed E-state index contributed by atoms with van der Waals surface area (Å²) in [6.45, 7) is 25.6. The van der Waals surface area contributed by atoms with Crippen molar-refractivity contribution in [2.75, 3.05) is 0 Å². The summed E-state index contributed by atoms with van der Waals surface area (Å²) in [5, 5.41) is 0. The van der Waals surface area contributed by atoms with E-state index in [-0.39, 0.29) is 17.4 Å². The molecule has 0 rings (SSSR count). The molecule has 0 heterocycles. The topological polar surface area (TPSA) is 79.6 Å². The monoisotopic (exact) mass is 246 g/mol. The molecule has 0 aliphatic rings. The van der Waals surface area contributed by atoms with Gasteiger partial charge in [0.15, 0.2) is 0 Å². The average Bonchev–Trinajstić information content (AvgIpc) is 2.29. The van der Waals surface area contributed by atoms with Crippen LogP contribution in [0.5, 0.6) is 0 Å². The van der Waals surface area contributed by atoms with Gasteiger partial charge in [-0.3, -0.25) is 0 Å². The SMILES string of the molecule is [C-]#[O+].[C-]#[O+].[C-]#[O+].[C-]#[O+].[CH2][C](C)[CH][CH]C.[Cr]. The summed E-state index contributed by atoms with van der Waals surface area (Å²) in [5.41, 5.74) is 0. The molecule has 0 amide bonds. The first kappa shape index (κ1) is 36.6. The fourth-order valence-electron chi connectivity index (χ4n) is 0.285. The largest absolute Gasteiger partial charge is 0.0619 e. The Kier molecular flexibility index (Phi) is 254. The molecular formula is C10H10CrO4. The van der Waals surface area contributed by atoms with E-state index in [0.29, 0.717) is 0 Å². The van der Waals surface area contributed by atoms with Crippen LogP contribution in [0.3, 0.4) is 0 Å². The Morgan fingerprint density at radius 3 is 1.13 bits per heavy atom. The van der Waals surface area contributed by atoms with Crippen LogP contribution >= 0.6 is 0 Å². The van der Waals surface area contributed by atoms with Gasteiger partial charge in [0.25, 0.3) is 0 Å². The smallest absolute Gasteiger partial charge is 0 e. The molecule has 15 heavy (non-hydrogen) atoms. The van der Waals surface area contributed by atoms with Crippen LogP contribution in [-0.2, 0) is 36.0 Å². The molecule has 0 saturated heterocycles. The summed E-state index contributed by atoms with van der Waals surface area (Å²) in [7, 11) is 0. The molecule has 0 N–H and O–H groups in total. The van der Waals surface area contributed by atoms with Crippen LogP contribution in [0.2, 0.25) is 0 Å². The first-order chi connectivity index (χ1) is 6.77. The second kappa shape index (κ2) is 104. The summed E-state index contributed by atoms with van der Waals surface area (Å²) in [6, 6.07) is 0. The molecule has 0 bridgehead atoms. The minimum atomic E-state index is 0. The van der Waals surface area contributed by atoms with Gasteiger partial charge < -0.3 is 0 Å². The molecular weight excluding hydrogens is 236 g/mol. The maximum Gasteiger partial charge on any atom is 0 e. The molecule has 0 aromatic heterocycles. The van der Waals surface area contributed by atoms with Crippen LogP contribution in [0.15, 0.2) is 0 Å². The zero-order valence-electron chi connectivity index (χ0n) is 8.40. The first-order valence-electron chi connectivity index (χ1n) is 2.87. The predicted octanol–water partition coefficient (Wildman–Crippen LogP) is 1.69. The van der Waals surface area contributed by atoms with Crippen LogP contribution in [-0.4, -0.2) is 0 Å². The molecule has 0 saturated carbocycles. The minimum absolute atomic E-state index is 0. The average molecular weight is 246 g/mol. The van der Waals surface area contributed by atoms with Gasteiger partial charge in [-0.25, -0.2) is 0 Å². The summed E-state index contributed by atoms with van der Waals surface area (Å²) in [6.07, 6.45) is 3.95. The van der Waals surface area contributed by atoms with E-state index in [1.54, 1.807) is 0 Å². The molecule has 0 aromatic carbocycles. The van der Waals surface area contributed by atoms with E-state index >= 15 is 0 Å². The zero-order valence-corrected chi connectivity index (χ0v) is 9.68. The third-order valence-electron chi connectivity index (χ3n) is 0.451. The molecule has 4 nitrogen and oxygen atoms in total. The molecule has 0 aromatic rings. The minimum Gasteiger partial charge on any atom is -0.0619 e. The maximum absolute atomic E-state index is 7.50. The molecule has 0 fully saturated rings. The van der Waals surface area contributed by atoms with Gasteiger partial charge in [0.1, 0.15) is 0 Å². The van der Waals surface area contributed by atoms with Gasteiger partial charge in [-0.15, -0.1) is 0 Å². The summed E-state index contributed by atoms with van der Waals surface area (Å²) in [5.74, 6) is 1.11. The molecule has 0 spiro atoms. The molecule has 0 aliphatic heterocycles. The van der Waals surface area contributed by atoms with Crippen LogP contribution in [0, 0.1) is 52.3 Å². The quantitative estimate of drug-likeness (QED) is 0.525. The summed E-state index contributed by atoms with van der Waals surface area (Å²) < 4.78 is 30.0. The van der Waals surface area contributed by atoms with E-state index in [2.05, 4.69) is 33.5 Å². The van der Waals surface area contributed by atoms with E-state index in [1.165, 1.54) is 0 Å². The Hall–Kier alpha value is -0.508. The Bertz CT molecular complexity index is 111. The Morgan fingerprint density at radius 1 is 0.933 bits per heavy atom. The fourth-order valence-corrected chi connectivity index (χ4v) is 0.285. The molecule has 0 atom stereocenters. The van der Waals surface area contributed by atoms with Crippen molar-refractivity contribution in [3.63, 3.8) is 0 Å². The summed E-state index contributed by atoms with van der Waals surface area (Å²) in [4.78, 5) is 0. The molecule has 4 radical (unpaired) electrons. The predicted molar refractivity (Wildman–Crippen MR) is 44.3 cm³/mol. The van der Waals surface area contributed by atoms with E-state index in [0.717, 1.165) is 5.92 Å². The van der Waals surface area contributed by atoms with Gasteiger partial charge >= 0.3 is 45.2 Å². The van der Waals surface area contributed by atoms with E-state index in [4.69, 9.17) is 18.6 Å². The van der Waals surface area contributed by atoms with Gasteiger partial charge in [0.05, 0.1) is 0 Å². The van der Waals surface area contributed by atoms with E-state index < -0.39 is 0 Å². The van der Waals surface area contributed by atoms with Gasteiger partial charge in [-0.1, -0.05) is 13.8 Å². The second-order valence-corrected chi connectivity index (χ2v) is 1.35. The van der Waals surface area contributed by atoms with E-state index in [9.17, 15) is 0 Å². The van der Waals surface area contributed by atoms with Crippen LogP contribution in [0.4, 0.5) is 0 Å². The van der Waals surface area contributed by atoms with Crippen molar-refractivity contribution in [2.45, 2.75) is 13.8 Å². The Morgan fingerprint density at radius 2 is 1.13 bits per heavy atom. The van der Waals surface area contributed by atoms with Crippen molar-refractivity contribution in [3.05, 3.63) is 52.3 Å². The first-order valence-corrected chi connectivity index (χ1v) is 2.87. The van der Waals surface area contributed by atoms with Crippen LogP contribution in [0.1, 0.15) is 13.8 Å². The van der Waals surface area contributed by atoms with Gasteiger partial charge in [0.2, 0.25) is 0 Å². The van der Waals surface area contributed by atoms with Crippen molar-refractivity contribution in [1.82, 2.24) is 0 Å². The van der Waals surface area contributed by atoms with Crippen molar-refractivity contribution in [1.29, 1.82) is 0 Å². The molecule has 0 unspecified atom stereocenters. The number of hydrogen-bond acceptors (Lipinski definition) is 0. The van der Waals surface area contributed by atoms with E-state index in [1.807, 2.05) is 26.7 Å². The molecule has 0 aliphatic carbocycles. The fraction of sp³-hybridized carbons (Fsp3) is 0.200. The Balaban J connectivity index is -0.0000000194. The number of hydrogen-bond donors (Lipinski definition) is 0. The van der Waals surface area contributed by atoms with Crippen molar-refractivity contribution in [2.24, 2.45) is 0 Å². The third kappa shape index (κ3) is 287. The standard InChI is InChI=1S/C6H10.4CO.Cr/c1-4-5-6(2)3;4*1-2;/h4-5H,2H2,1,3H3;;;;;. The van der Waals surface area contributed by atoms with Gasteiger partial charge in [0, 0.05) is 17.4 Å². The zero-order chi connectivity index (χ0) is 13.0.